The number of aliphatic hydroxyl groups is 1. The third-order valence-electron chi connectivity index (χ3n) is 4.89. The number of nitrogens with one attached hydrogen (secondary N) is 2. The molecule has 0 unspecified atom stereocenters. The van der Waals surface area contributed by atoms with Crippen molar-refractivity contribution in [3.63, 3.8) is 0 Å². The number of fused-ring (bicyclic) bond motifs is 1. The number of hydrogen-bond acceptors (Lipinski definition) is 2. The third-order valence-corrected chi connectivity index (χ3v) is 5.32. The average Bonchev–Trinajstić information content (AvgIpc) is 2.84. The Morgan fingerprint density at radius 1 is 1.33 bits per heavy atom. The monoisotopic (exact) mass is 306 g/mol. The number of hydrogen-bond donors (Lipinski definition) is 3. The number of halogens is 1. The summed E-state index contributed by atoms with van der Waals surface area (Å²) in [6.07, 6.45) is 4.41. The minimum absolute atomic E-state index is 0.146. The molecule has 3 N–H and O–H groups in total. The molecule has 1 aliphatic rings. The summed E-state index contributed by atoms with van der Waals surface area (Å²) in [5.41, 5.74) is 1.92. The van der Waals surface area contributed by atoms with E-state index < -0.39 is 0 Å². The van der Waals surface area contributed by atoms with Crippen LogP contribution in [0.2, 0.25) is 5.02 Å². The Balaban J connectivity index is 1.74. The average molecular weight is 307 g/mol. The highest BCUT2D eigenvalue weighted by molar-refractivity contribution is 6.36. The number of H-pyrrole nitrogens is 1. The van der Waals surface area contributed by atoms with Crippen LogP contribution in [0.4, 0.5) is 0 Å². The van der Waals surface area contributed by atoms with Crippen LogP contribution < -0.4 is 5.32 Å². The molecule has 0 radical (unpaired) electrons. The molecule has 0 aliphatic heterocycles. The van der Waals surface area contributed by atoms with E-state index >= 15 is 0 Å². The summed E-state index contributed by atoms with van der Waals surface area (Å²) >= 11 is 6.45. The molecule has 0 spiro atoms. The predicted molar refractivity (Wildman–Crippen MR) is 87.6 cm³/mol. The Hall–Kier alpha value is -1.03. The van der Waals surface area contributed by atoms with E-state index in [0.717, 1.165) is 40.4 Å². The highest BCUT2D eigenvalue weighted by atomic mass is 35.5. The first-order valence-electron chi connectivity index (χ1n) is 7.74. The predicted octanol–water partition coefficient (Wildman–Crippen LogP) is 3.85. The van der Waals surface area contributed by atoms with Crippen molar-refractivity contribution in [3.8, 4) is 0 Å². The molecule has 3 rings (SSSR count). The van der Waals surface area contributed by atoms with Gasteiger partial charge in [-0.2, -0.15) is 0 Å². The largest absolute Gasteiger partial charge is 0.394 e. The highest BCUT2D eigenvalue weighted by Gasteiger charge is 2.33. The van der Waals surface area contributed by atoms with E-state index in [1.54, 1.807) is 0 Å². The van der Waals surface area contributed by atoms with Gasteiger partial charge in [0.15, 0.2) is 0 Å². The van der Waals surface area contributed by atoms with Crippen molar-refractivity contribution in [2.45, 2.75) is 44.7 Å². The number of benzene rings is 1. The fourth-order valence-corrected chi connectivity index (χ4v) is 3.55. The van der Waals surface area contributed by atoms with Gasteiger partial charge in [0, 0.05) is 28.7 Å². The van der Waals surface area contributed by atoms with Gasteiger partial charge in [-0.3, -0.25) is 0 Å². The van der Waals surface area contributed by atoms with E-state index in [9.17, 15) is 5.11 Å². The first-order valence-corrected chi connectivity index (χ1v) is 8.12. The van der Waals surface area contributed by atoms with Crippen LogP contribution in [-0.4, -0.2) is 22.2 Å². The summed E-state index contributed by atoms with van der Waals surface area (Å²) in [4.78, 5) is 3.38. The molecule has 3 nitrogen and oxygen atoms in total. The minimum atomic E-state index is -0.146. The molecule has 21 heavy (non-hydrogen) atoms. The third kappa shape index (κ3) is 2.96. The van der Waals surface area contributed by atoms with Gasteiger partial charge in [0.1, 0.15) is 0 Å². The number of rotatable bonds is 4. The van der Waals surface area contributed by atoms with Crippen molar-refractivity contribution in [1.29, 1.82) is 0 Å². The zero-order valence-corrected chi connectivity index (χ0v) is 13.2. The molecule has 1 saturated carbocycles. The number of aromatic amines is 1. The van der Waals surface area contributed by atoms with E-state index in [-0.39, 0.29) is 12.1 Å². The van der Waals surface area contributed by atoms with Crippen molar-refractivity contribution >= 4 is 22.5 Å². The maximum absolute atomic E-state index is 9.81. The lowest BCUT2D eigenvalue weighted by Gasteiger charge is -2.39. The summed E-state index contributed by atoms with van der Waals surface area (Å²) in [6.45, 7) is 3.15. The first kappa shape index (κ1) is 14.9. The van der Waals surface area contributed by atoms with Crippen molar-refractivity contribution in [2.75, 3.05) is 6.61 Å². The fourth-order valence-electron chi connectivity index (χ4n) is 3.27. The molecular formula is C17H23ClN2O. The van der Waals surface area contributed by atoms with Gasteiger partial charge in [-0.15, -0.1) is 0 Å². The van der Waals surface area contributed by atoms with E-state index in [4.69, 9.17) is 11.6 Å². The zero-order chi connectivity index (χ0) is 14.9. The van der Waals surface area contributed by atoms with Crippen LogP contribution in [0, 0.1) is 5.92 Å². The lowest BCUT2D eigenvalue weighted by atomic mass is 9.77. The van der Waals surface area contributed by atoms with Gasteiger partial charge < -0.3 is 15.4 Å². The highest BCUT2D eigenvalue weighted by Crippen LogP contribution is 2.33. The number of aliphatic hydroxyl groups excluding tert-OH is 1. The standard InChI is InChI=1S/C17H23ClN2O/c1-12-6-8-17(11-21,9-7-12)19-10-15-16(18)13-4-2-3-5-14(13)20-15/h2-5,12,19-21H,6-11H2,1H3. The van der Waals surface area contributed by atoms with E-state index in [1.165, 1.54) is 12.8 Å². The first-order chi connectivity index (χ1) is 10.1. The fraction of sp³-hybridized carbons (Fsp3) is 0.529. The molecule has 4 heteroatoms. The second-order valence-electron chi connectivity index (χ2n) is 6.44. The second kappa shape index (κ2) is 5.99. The zero-order valence-electron chi connectivity index (χ0n) is 12.5. The van der Waals surface area contributed by atoms with Gasteiger partial charge in [0.2, 0.25) is 0 Å². The van der Waals surface area contributed by atoms with Crippen LogP contribution in [0.5, 0.6) is 0 Å². The number of para-hydroxylation sites is 1. The smallest absolute Gasteiger partial charge is 0.0705 e. The van der Waals surface area contributed by atoms with Gasteiger partial charge in [0.05, 0.1) is 11.6 Å². The van der Waals surface area contributed by atoms with Crippen LogP contribution in [0.1, 0.15) is 38.3 Å². The van der Waals surface area contributed by atoms with Crippen molar-refractivity contribution in [2.24, 2.45) is 5.92 Å². The molecule has 1 fully saturated rings. The topological polar surface area (TPSA) is 48.0 Å². The summed E-state index contributed by atoms with van der Waals surface area (Å²) in [5.74, 6) is 0.767. The van der Waals surface area contributed by atoms with E-state index in [2.05, 4.69) is 17.2 Å². The Labute approximate surface area is 130 Å². The molecule has 1 heterocycles. The summed E-state index contributed by atoms with van der Waals surface area (Å²) in [7, 11) is 0. The summed E-state index contributed by atoms with van der Waals surface area (Å²) in [6, 6.07) is 8.07. The van der Waals surface area contributed by atoms with Crippen LogP contribution >= 0.6 is 11.6 Å². The molecule has 0 atom stereocenters. The molecule has 1 aliphatic carbocycles. The van der Waals surface area contributed by atoms with E-state index in [0.29, 0.717) is 6.54 Å². The second-order valence-corrected chi connectivity index (χ2v) is 6.82. The molecule has 2 aromatic rings. The van der Waals surface area contributed by atoms with Gasteiger partial charge in [-0.05, 0) is 37.7 Å². The van der Waals surface area contributed by atoms with Crippen molar-refractivity contribution in [1.82, 2.24) is 10.3 Å². The lowest BCUT2D eigenvalue weighted by Crippen LogP contribution is -2.50. The molecule has 0 amide bonds. The Morgan fingerprint density at radius 3 is 2.71 bits per heavy atom. The maximum atomic E-state index is 9.81. The van der Waals surface area contributed by atoms with Crippen LogP contribution in [-0.2, 0) is 6.54 Å². The molecule has 114 valence electrons. The molecule has 0 bridgehead atoms. The van der Waals surface area contributed by atoms with Crippen LogP contribution in [0.25, 0.3) is 10.9 Å². The maximum Gasteiger partial charge on any atom is 0.0705 e. The van der Waals surface area contributed by atoms with Gasteiger partial charge in [0.25, 0.3) is 0 Å². The van der Waals surface area contributed by atoms with Crippen molar-refractivity contribution in [3.05, 3.63) is 35.0 Å². The van der Waals surface area contributed by atoms with Gasteiger partial charge in [-0.1, -0.05) is 36.7 Å². The molecule has 1 aromatic heterocycles. The molecule has 1 aromatic carbocycles. The Kier molecular flexibility index (Phi) is 4.25. The molecular weight excluding hydrogens is 284 g/mol. The Bertz CT molecular complexity index is 614. The minimum Gasteiger partial charge on any atom is -0.394 e. The summed E-state index contributed by atoms with van der Waals surface area (Å²) < 4.78 is 0. The van der Waals surface area contributed by atoms with Gasteiger partial charge in [-0.25, -0.2) is 0 Å². The lowest BCUT2D eigenvalue weighted by molar-refractivity contribution is 0.104. The SMILES string of the molecule is CC1CCC(CO)(NCc2[nH]c3ccccc3c2Cl)CC1. The normalized spacial score (nSPS) is 26.3. The van der Waals surface area contributed by atoms with Crippen LogP contribution in [0.3, 0.4) is 0 Å². The van der Waals surface area contributed by atoms with Gasteiger partial charge >= 0.3 is 0 Å². The van der Waals surface area contributed by atoms with Crippen molar-refractivity contribution < 1.29 is 5.11 Å². The van der Waals surface area contributed by atoms with E-state index in [1.807, 2.05) is 24.3 Å². The Morgan fingerprint density at radius 2 is 2.05 bits per heavy atom. The van der Waals surface area contributed by atoms with Crippen LogP contribution in [0.15, 0.2) is 24.3 Å². The summed E-state index contributed by atoms with van der Waals surface area (Å²) in [5, 5.41) is 15.2. The quantitative estimate of drug-likeness (QED) is 0.803. The number of aromatic nitrogens is 1. The molecule has 0 saturated heterocycles.